The zero-order chi connectivity index (χ0) is 26.1. The lowest BCUT2D eigenvalue weighted by molar-refractivity contribution is -0.384. The van der Waals surface area contributed by atoms with E-state index in [-0.39, 0.29) is 17.0 Å². The summed E-state index contributed by atoms with van der Waals surface area (Å²) in [5.74, 6) is 1.35. The van der Waals surface area contributed by atoms with Crippen LogP contribution in [-0.2, 0) is 10.5 Å². The standard InChI is InChI=1S/C26H24N4O6S/c1-35-19-11-8-15(12-20(19)36-2)21-22-17(4-3-5-18(22)31)27-24-23(21)25(32)29-26(28-24)37-13-14-6-9-16(10-7-14)30(33)34/h6-12,21H,3-5,13H2,1-2H3,(H2,27,28,29,32). The van der Waals surface area contributed by atoms with E-state index in [1.54, 1.807) is 31.4 Å². The molecule has 0 saturated heterocycles. The maximum Gasteiger partial charge on any atom is 0.269 e. The Balaban J connectivity index is 1.53. The number of H-pyrrole nitrogens is 1. The van der Waals surface area contributed by atoms with Gasteiger partial charge >= 0.3 is 0 Å². The van der Waals surface area contributed by atoms with Crippen molar-refractivity contribution in [2.24, 2.45) is 0 Å². The number of nitro groups is 1. The van der Waals surface area contributed by atoms with Gasteiger partial charge in [0.2, 0.25) is 0 Å². The summed E-state index contributed by atoms with van der Waals surface area (Å²) in [4.78, 5) is 44.5. The molecule has 1 aliphatic carbocycles. The minimum absolute atomic E-state index is 0.00945. The third-order valence-corrected chi connectivity index (χ3v) is 7.44. The number of ketones is 1. The SMILES string of the molecule is COc1ccc(C2C3=C(CCCC3=O)Nc3nc(SCc4ccc([N+](=O)[O-])cc4)[nH]c(=O)c32)cc1OC. The number of anilines is 1. The van der Waals surface area contributed by atoms with Gasteiger partial charge in [-0.25, -0.2) is 4.98 Å². The van der Waals surface area contributed by atoms with E-state index in [0.717, 1.165) is 23.2 Å². The number of hydrogen-bond donors (Lipinski definition) is 2. The highest BCUT2D eigenvalue weighted by molar-refractivity contribution is 7.98. The zero-order valence-electron chi connectivity index (χ0n) is 20.2. The first-order valence-electron chi connectivity index (χ1n) is 11.6. The molecule has 0 amide bonds. The van der Waals surface area contributed by atoms with Gasteiger partial charge in [0.25, 0.3) is 11.2 Å². The molecule has 0 fully saturated rings. The number of benzene rings is 2. The molecule has 3 aromatic rings. The smallest absolute Gasteiger partial charge is 0.269 e. The maximum atomic E-state index is 13.4. The van der Waals surface area contributed by atoms with Crippen molar-refractivity contribution >= 4 is 29.1 Å². The van der Waals surface area contributed by atoms with Gasteiger partial charge in [0.15, 0.2) is 22.4 Å². The van der Waals surface area contributed by atoms with E-state index in [1.165, 1.54) is 31.0 Å². The van der Waals surface area contributed by atoms with Crippen molar-refractivity contribution < 1.29 is 19.2 Å². The van der Waals surface area contributed by atoms with E-state index in [1.807, 2.05) is 6.07 Å². The number of aromatic amines is 1. The summed E-state index contributed by atoms with van der Waals surface area (Å²) in [6.45, 7) is 0. The fourth-order valence-electron chi connectivity index (χ4n) is 4.74. The molecule has 1 aliphatic heterocycles. The van der Waals surface area contributed by atoms with Crippen LogP contribution in [0.15, 0.2) is 63.7 Å². The number of fused-ring (bicyclic) bond motifs is 1. The molecule has 2 aromatic carbocycles. The molecule has 0 saturated carbocycles. The number of thioether (sulfide) groups is 1. The predicted octanol–water partition coefficient (Wildman–Crippen LogP) is 4.55. The molecule has 2 heterocycles. The van der Waals surface area contributed by atoms with Crippen molar-refractivity contribution in [1.82, 2.24) is 9.97 Å². The van der Waals surface area contributed by atoms with Crippen LogP contribution in [0, 0.1) is 10.1 Å². The zero-order valence-corrected chi connectivity index (χ0v) is 21.0. The number of nitrogens with one attached hydrogen (secondary N) is 2. The van der Waals surface area contributed by atoms with Crippen LogP contribution in [0.25, 0.3) is 0 Å². The van der Waals surface area contributed by atoms with Crippen molar-refractivity contribution in [1.29, 1.82) is 0 Å². The summed E-state index contributed by atoms with van der Waals surface area (Å²) in [6, 6.07) is 11.6. The quantitative estimate of drug-likeness (QED) is 0.199. The molecule has 1 unspecified atom stereocenters. The molecule has 2 N–H and O–H groups in total. The van der Waals surface area contributed by atoms with E-state index in [2.05, 4.69) is 15.3 Å². The highest BCUT2D eigenvalue weighted by atomic mass is 32.2. The van der Waals surface area contributed by atoms with Gasteiger partial charge in [0.05, 0.1) is 24.7 Å². The molecule has 1 atom stereocenters. The minimum atomic E-state index is -0.594. The summed E-state index contributed by atoms with van der Waals surface area (Å²) in [5.41, 5.74) is 3.02. The molecular weight excluding hydrogens is 496 g/mol. The number of allylic oxidation sites excluding steroid dienone is 2. The van der Waals surface area contributed by atoms with Crippen LogP contribution in [0.5, 0.6) is 11.5 Å². The fourth-order valence-corrected chi connectivity index (χ4v) is 5.56. The van der Waals surface area contributed by atoms with E-state index in [0.29, 0.717) is 52.2 Å². The second-order valence-corrected chi connectivity index (χ2v) is 9.65. The molecule has 5 rings (SSSR count). The van der Waals surface area contributed by atoms with Crippen molar-refractivity contribution in [3.05, 3.63) is 90.9 Å². The molecule has 2 aliphatic rings. The first kappa shape index (κ1) is 24.6. The first-order valence-corrected chi connectivity index (χ1v) is 12.6. The molecule has 1 aromatic heterocycles. The molecule has 11 heteroatoms. The van der Waals surface area contributed by atoms with Crippen molar-refractivity contribution in [3.8, 4) is 11.5 Å². The monoisotopic (exact) mass is 520 g/mol. The molecule has 10 nitrogen and oxygen atoms in total. The number of methoxy groups -OCH3 is 2. The predicted molar refractivity (Wildman–Crippen MR) is 138 cm³/mol. The summed E-state index contributed by atoms with van der Waals surface area (Å²) in [7, 11) is 3.09. The highest BCUT2D eigenvalue weighted by Gasteiger charge is 2.38. The molecular formula is C26H24N4O6S. The van der Waals surface area contributed by atoms with Gasteiger partial charge in [-0.1, -0.05) is 30.0 Å². The van der Waals surface area contributed by atoms with Crippen molar-refractivity contribution in [2.45, 2.75) is 36.1 Å². The highest BCUT2D eigenvalue weighted by Crippen LogP contribution is 2.45. The number of rotatable bonds is 7. The summed E-state index contributed by atoms with van der Waals surface area (Å²) in [5, 5.41) is 14.6. The third-order valence-electron chi connectivity index (χ3n) is 6.50. The second-order valence-electron chi connectivity index (χ2n) is 8.69. The number of nitrogens with zero attached hydrogens (tertiary/aromatic N) is 2. The molecule has 0 spiro atoms. The molecule has 190 valence electrons. The number of non-ortho nitro benzene ring substituents is 1. The van der Waals surface area contributed by atoms with E-state index < -0.39 is 10.8 Å². The number of ether oxygens (including phenoxy) is 2. The number of carbonyl (C=O) groups is 1. The Bertz CT molecular complexity index is 1480. The Labute approximate surface area is 216 Å². The average Bonchev–Trinajstić information content (AvgIpc) is 2.90. The molecule has 0 radical (unpaired) electrons. The van der Waals surface area contributed by atoms with Crippen LogP contribution in [0.3, 0.4) is 0 Å². The van der Waals surface area contributed by atoms with Crippen molar-refractivity contribution in [2.75, 3.05) is 19.5 Å². The van der Waals surface area contributed by atoms with Crippen LogP contribution in [-0.4, -0.2) is 34.9 Å². The lowest BCUT2D eigenvalue weighted by Gasteiger charge is -2.33. The van der Waals surface area contributed by atoms with E-state index in [4.69, 9.17) is 9.47 Å². The number of Topliss-reactive ketones (excluding diaryl/α,β-unsaturated/α-hetero) is 1. The first-order chi connectivity index (χ1) is 17.9. The van der Waals surface area contributed by atoms with Gasteiger partial charge in [-0.2, -0.15) is 0 Å². The summed E-state index contributed by atoms with van der Waals surface area (Å²) in [6.07, 6.45) is 1.84. The Hall–Kier alpha value is -4.12. The van der Waals surface area contributed by atoms with Gasteiger partial charge < -0.3 is 19.8 Å². The maximum absolute atomic E-state index is 13.4. The average molecular weight is 521 g/mol. The molecule has 0 bridgehead atoms. The van der Waals surface area contributed by atoms with E-state index >= 15 is 0 Å². The van der Waals surface area contributed by atoms with Crippen LogP contribution in [0.2, 0.25) is 0 Å². The number of hydrogen-bond acceptors (Lipinski definition) is 9. The lowest BCUT2D eigenvalue weighted by atomic mass is 9.76. The Morgan fingerprint density at radius 1 is 1.08 bits per heavy atom. The van der Waals surface area contributed by atoms with Crippen molar-refractivity contribution in [3.63, 3.8) is 0 Å². The Morgan fingerprint density at radius 2 is 1.84 bits per heavy atom. The number of carbonyl (C=O) groups excluding carboxylic acids is 1. The largest absolute Gasteiger partial charge is 0.493 e. The lowest BCUT2D eigenvalue weighted by Crippen LogP contribution is -2.32. The van der Waals surface area contributed by atoms with Crippen LogP contribution in [0.4, 0.5) is 11.5 Å². The summed E-state index contributed by atoms with van der Waals surface area (Å²) >= 11 is 1.32. The van der Waals surface area contributed by atoms with Crippen LogP contribution in [0.1, 0.15) is 41.9 Å². The molecule has 37 heavy (non-hydrogen) atoms. The topological polar surface area (TPSA) is 136 Å². The van der Waals surface area contributed by atoms with Gasteiger partial charge in [0.1, 0.15) is 5.82 Å². The fraction of sp³-hybridized carbons (Fsp3) is 0.269. The Morgan fingerprint density at radius 3 is 2.54 bits per heavy atom. The van der Waals surface area contributed by atoms with Crippen LogP contribution < -0.4 is 20.3 Å². The van der Waals surface area contributed by atoms with Gasteiger partial charge in [0, 0.05) is 41.5 Å². The van der Waals surface area contributed by atoms with Gasteiger partial charge in [-0.05, 0) is 36.1 Å². The van der Waals surface area contributed by atoms with Crippen LogP contribution >= 0.6 is 11.8 Å². The van der Waals surface area contributed by atoms with Gasteiger partial charge in [-0.3, -0.25) is 19.7 Å². The van der Waals surface area contributed by atoms with Gasteiger partial charge in [-0.15, -0.1) is 0 Å². The Kier molecular flexibility index (Phi) is 6.70. The third kappa shape index (κ3) is 4.69. The number of aromatic nitrogens is 2. The second kappa shape index (κ2) is 10.1. The minimum Gasteiger partial charge on any atom is -0.493 e. The normalized spacial score (nSPS) is 16.5. The van der Waals surface area contributed by atoms with E-state index in [9.17, 15) is 19.7 Å². The number of nitro benzene ring substituents is 1. The summed E-state index contributed by atoms with van der Waals surface area (Å²) < 4.78 is 10.8.